The highest BCUT2D eigenvalue weighted by Crippen LogP contribution is 2.32. The summed E-state index contributed by atoms with van der Waals surface area (Å²) in [6.07, 6.45) is 0. The number of ether oxygens (including phenoxy) is 2. The van der Waals surface area contributed by atoms with Crippen LogP contribution in [0.3, 0.4) is 0 Å². The Hall–Kier alpha value is -2.29. The summed E-state index contributed by atoms with van der Waals surface area (Å²) < 4.78 is 11.3. The third kappa shape index (κ3) is 5.35. The van der Waals surface area contributed by atoms with Crippen LogP contribution < -0.4 is 20.1 Å². The first-order valence-electron chi connectivity index (χ1n) is 8.30. The lowest BCUT2D eigenvalue weighted by molar-refractivity contribution is -0.123. The summed E-state index contributed by atoms with van der Waals surface area (Å²) in [6.45, 7) is 5.52. The minimum absolute atomic E-state index is 0.0968. The molecule has 2 N–H and O–H groups in total. The number of methoxy groups -OCH3 is 2. The number of rotatable bonds is 5. The highest BCUT2D eigenvalue weighted by molar-refractivity contribution is 14.1. The Labute approximate surface area is 172 Å². The fraction of sp³-hybridized carbons (Fsp3) is 0.300. The molecule has 0 saturated carbocycles. The molecule has 0 bridgehead atoms. The van der Waals surface area contributed by atoms with Gasteiger partial charge in [-0.05, 0) is 52.9 Å². The van der Waals surface area contributed by atoms with E-state index < -0.39 is 5.41 Å². The maximum Gasteiger partial charge on any atom is 0.256 e. The van der Waals surface area contributed by atoms with Gasteiger partial charge in [0.15, 0.2) is 11.5 Å². The zero-order chi connectivity index (χ0) is 20.2. The SMILES string of the molecule is COc1cc(I)c(C(=O)Nc2cccc(NC(=O)C(C)(C)C)c2)cc1OC. The maximum atomic E-state index is 12.7. The molecule has 2 rings (SSSR count). The van der Waals surface area contributed by atoms with Crippen molar-refractivity contribution in [2.24, 2.45) is 5.41 Å². The number of carbonyl (C=O) groups is 2. The number of hydrogen-bond donors (Lipinski definition) is 2. The van der Waals surface area contributed by atoms with Crippen LogP contribution in [-0.2, 0) is 4.79 Å². The van der Waals surface area contributed by atoms with Crippen LogP contribution in [0, 0.1) is 8.99 Å². The fourth-order valence-electron chi connectivity index (χ4n) is 2.22. The number of halogens is 1. The number of benzene rings is 2. The number of hydrogen-bond acceptors (Lipinski definition) is 4. The molecule has 0 atom stereocenters. The average molecular weight is 482 g/mol. The molecule has 0 spiro atoms. The topological polar surface area (TPSA) is 76.7 Å². The molecule has 0 heterocycles. The van der Waals surface area contributed by atoms with Crippen molar-refractivity contribution in [1.29, 1.82) is 0 Å². The van der Waals surface area contributed by atoms with Crippen LogP contribution in [-0.4, -0.2) is 26.0 Å². The molecule has 6 nitrogen and oxygen atoms in total. The summed E-state index contributed by atoms with van der Waals surface area (Å²) in [5.41, 5.74) is 1.17. The van der Waals surface area contributed by atoms with Crippen molar-refractivity contribution in [3.05, 3.63) is 45.5 Å². The molecule has 27 heavy (non-hydrogen) atoms. The summed E-state index contributed by atoms with van der Waals surface area (Å²) in [7, 11) is 3.07. The van der Waals surface area contributed by atoms with Crippen molar-refractivity contribution in [2.45, 2.75) is 20.8 Å². The van der Waals surface area contributed by atoms with Crippen molar-refractivity contribution < 1.29 is 19.1 Å². The highest BCUT2D eigenvalue weighted by Gasteiger charge is 2.21. The van der Waals surface area contributed by atoms with Gasteiger partial charge in [0.05, 0.1) is 19.8 Å². The van der Waals surface area contributed by atoms with E-state index in [-0.39, 0.29) is 11.8 Å². The van der Waals surface area contributed by atoms with E-state index in [9.17, 15) is 9.59 Å². The van der Waals surface area contributed by atoms with Gasteiger partial charge in [0.25, 0.3) is 5.91 Å². The first-order valence-corrected chi connectivity index (χ1v) is 9.38. The predicted molar refractivity (Wildman–Crippen MR) is 115 cm³/mol. The van der Waals surface area contributed by atoms with E-state index in [2.05, 4.69) is 33.2 Å². The van der Waals surface area contributed by atoms with Crippen LogP contribution in [0.2, 0.25) is 0 Å². The highest BCUT2D eigenvalue weighted by atomic mass is 127. The van der Waals surface area contributed by atoms with Crippen molar-refractivity contribution in [1.82, 2.24) is 0 Å². The molecule has 0 aliphatic rings. The van der Waals surface area contributed by atoms with Gasteiger partial charge in [-0.2, -0.15) is 0 Å². The van der Waals surface area contributed by atoms with Crippen molar-refractivity contribution >= 4 is 45.8 Å². The minimum atomic E-state index is -0.505. The molecule has 2 aromatic carbocycles. The number of nitrogens with one attached hydrogen (secondary N) is 2. The second kappa shape index (κ2) is 8.60. The first kappa shape index (κ1) is 21.0. The molecule has 0 radical (unpaired) electrons. The number of anilines is 2. The van der Waals surface area contributed by atoms with Crippen molar-refractivity contribution in [3.63, 3.8) is 0 Å². The van der Waals surface area contributed by atoms with Crippen molar-refractivity contribution in [2.75, 3.05) is 24.9 Å². The minimum Gasteiger partial charge on any atom is -0.493 e. The number of amides is 2. The zero-order valence-corrected chi connectivity index (χ0v) is 18.1. The Morgan fingerprint density at radius 1 is 0.926 bits per heavy atom. The maximum absolute atomic E-state index is 12.7. The smallest absolute Gasteiger partial charge is 0.256 e. The van der Waals surface area contributed by atoms with E-state index >= 15 is 0 Å². The first-order chi connectivity index (χ1) is 12.7. The second-order valence-electron chi connectivity index (χ2n) is 6.93. The Kier molecular flexibility index (Phi) is 6.69. The molecule has 2 amide bonds. The molecule has 0 fully saturated rings. The Morgan fingerprint density at radius 3 is 2.04 bits per heavy atom. The van der Waals surface area contributed by atoms with Gasteiger partial charge in [0, 0.05) is 20.4 Å². The molecular formula is C20H23IN2O4. The van der Waals surface area contributed by atoms with Crippen LogP contribution in [0.15, 0.2) is 36.4 Å². The van der Waals surface area contributed by atoms with Gasteiger partial charge in [0.1, 0.15) is 0 Å². The third-order valence-corrected chi connectivity index (χ3v) is 4.67. The molecule has 144 valence electrons. The summed E-state index contributed by atoms with van der Waals surface area (Å²) >= 11 is 2.08. The normalized spacial score (nSPS) is 10.9. The van der Waals surface area contributed by atoms with Gasteiger partial charge in [-0.25, -0.2) is 0 Å². The van der Waals surface area contributed by atoms with Crippen LogP contribution >= 0.6 is 22.6 Å². The van der Waals surface area contributed by atoms with Crippen LogP contribution in [0.4, 0.5) is 11.4 Å². The molecule has 7 heteroatoms. The van der Waals surface area contributed by atoms with Gasteiger partial charge in [-0.15, -0.1) is 0 Å². The second-order valence-corrected chi connectivity index (χ2v) is 8.09. The van der Waals surface area contributed by atoms with E-state index in [0.29, 0.717) is 28.4 Å². The van der Waals surface area contributed by atoms with Gasteiger partial charge in [-0.1, -0.05) is 26.8 Å². The van der Waals surface area contributed by atoms with Gasteiger partial charge < -0.3 is 20.1 Å². The Balaban J connectivity index is 2.21. The van der Waals surface area contributed by atoms with Gasteiger partial charge in [-0.3, -0.25) is 9.59 Å². The van der Waals surface area contributed by atoms with E-state index in [1.165, 1.54) is 7.11 Å². The Bertz CT molecular complexity index is 860. The van der Waals surface area contributed by atoms with Crippen molar-refractivity contribution in [3.8, 4) is 11.5 Å². The molecule has 0 saturated heterocycles. The fourth-order valence-corrected chi connectivity index (χ4v) is 2.90. The van der Waals surface area contributed by atoms with E-state index in [1.807, 2.05) is 20.8 Å². The summed E-state index contributed by atoms with van der Waals surface area (Å²) in [5, 5.41) is 5.70. The Morgan fingerprint density at radius 2 is 1.48 bits per heavy atom. The summed E-state index contributed by atoms with van der Waals surface area (Å²) in [4.78, 5) is 24.8. The predicted octanol–water partition coefficient (Wildman–Crippen LogP) is 4.55. The molecule has 2 aromatic rings. The largest absolute Gasteiger partial charge is 0.493 e. The molecule has 0 aromatic heterocycles. The number of carbonyl (C=O) groups excluding carboxylic acids is 2. The van der Waals surface area contributed by atoms with E-state index in [1.54, 1.807) is 43.5 Å². The van der Waals surface area contributed by atoms with Crippen LogP contribution in [0.25, 0.3) is 0 Å². The zero-order valence-electron chi connectivity index (χ0n) is 16.0. The lowest BCUT2D eigenvalue weighted by Gasteiger charge is -2.18. The van der Waals surface area contributed by atoms with Crippen LogP contribution in [0.5, 0.6) is 11.5 Å². The summed E-state index contributed by atoms with van der Waals surface area (Å²) in [6, 6.07) is 10.4. The molecular weight excluding hydrogens is 459 g/mol. The third-order valence-electron chi connectivity index (χ3n) is 3.78. The standard InChI is InChI=1S/C20H23IN2O4/c1-20(2,3)19(25)23-13-8-6-7-12(9-13)22-18(24)14-10-16(26-4)17(27-5)11-15(14)21/h6-11H,1-5H3,(H,22,24)(H,23,25). The molecule has 0 aliphatic heterocycles. The van der Waals surface area contributed by atoms with Gasteiger partial charge in [0.2, 0.25) is 5.91 Å². The van der Waals surface area contributed by atoms with E-state index in [0.717, 1.165) is 3.57 Å². The monoisotopic (exact) mass is 482 g/mol. The molecule has 0 unspecified atom stereocenters. The summed E-state index contributed by atoms with van der Waals surface area (Å²) in [5.74, 6) is 0.666. The molecule has 0 aliphatic carbocycles. The van der Waals surface area contributed by atoms with Crippen LogP contribution in [0.1, 0.15) is 31.1 Å². The lowest BCUT2D eigenvalue weighted by atomic mass is 9.95. The average Bonchev–Trinajstić information content (AvgIpc) is 2.60. The quantitative estimate of drug-likeness (QED) is 0.614. The lowest BCUT2D eigenvalue weighted by Crippen LogP contribution is -2.27. The van der Waals surface area contributed by atoms with Gasteiger partial charge >= 0.3 is 0 Å². The van der Waals surface area contributed by atoms with E-state index in [4.69, 9.17) is 9.47 Å².